The van der Waals surface area contributed by atoms with Crippen molar-refractivity contribution in [1.29, 1.82) is 0 Å². The Hall–Kier alpha value is -1.39. The summed E-state index contributed by atoms with van der Waals surface area (Å²) in [6, 6.07) is 11.1. The Kier molecular flexibility index (Phi) is 5.90. The maximum atomic E-state index is 12.9. The molecule has 24 heavy (non-hydrogen) atoms. The molecule has 0 spiro atoms. The van der Waals surface area contributed by atoms with Crippen molar-refractivity contribution < 1.29 is 4.79 Å². The highest BCUT2D eigenvalue weighted by atomic mass is 16.2. The first-order chi connectivity index (χ1) is 11.7. The van der Waals surface area contributed by atoms with Gasteiger partial charge >= 0.3 is 0 Å². The Bertz CT molecular complexity index is 533. The number of amides is 1. The molecule has 3 atom stereocenters. The molecular formula is C20H31N3O. The lowest BCUT2D eigenvalue weighted by Gasteiger charge is -2.27. The summed E-state index contributed by atoms with van der Waals surface area (Å²) in [4.78, 5) is 17.6. The van der Waals surface area contributed by atoms with Gasteiger partial charge in [0.1, 0.15) is 0 Å². The molecule has 2 aliphatic rings. The molecule has 1 aliphatic heterocycles. The summed E-state index contributed by atoms with van der Waals surface area (Å²) in [6.07, 6.45) is 4.36. The van der Waals surface area contributed by atoms with E-state index >= 15 is 0 Å². The van der Waals surface area contributed by atoms with Crippen LogP contribution in [-0.4, -0.2) is 47.9 Å². The standard InChI is InChI=1S/C20H31N3O/c1-16-10-11-22(20(24)19-9-5-8-18(19)14-21)12-13-23(16)15-17-6-3-2-4-7-17/h2-4,6-7,16,18-19H,5,8-15,21H2,1H3/t16?,18-,19-/m1/s1. The third kappa shape index (κ3) is 3.98. The Morgan fingerprint density at radius 1 is 1.12 bits per heavy atom. The highest BCUT2D eigenvalue weighted by Crippen LogP contribution is 2.32. The Morgan fingerprint density at radius 3 is 2.67 bits per heavy atom. The highest BCUT2D eigenvalue weighted by molar-refractivity contribution is 5.79. The topological polar surface area (TPSA) is 49.6 Å². The van der Waals surface area contributed by atoms with Gasteiger partial charge in [0, 0.05) is 38.1 Å². The largest absolute Gasteiger partial charge is 0.341 e. The molecule has 1 saturated heterocycles. The quantitative estimate of drug-likeness (QED) is 0.923. The van der Waals surface area contributed by atoms with Gasteiger partial charge in [-0.1, -0.05) is 36.8 Å². The van der Waals surface area contributed by atoms with Crippen molar-refractivity contribution in [2.75, 3.05) is 26.2 Å². The number of rotatable bonds is 4. The van der Waals surface area contributed by atoms with Crippen LogP contribution in [0.5, 0.6) is 0 Å². The number of nitrogens with zero attached hydrogens (tertiary/aromatic N) is 2. The van der Waals surface area contributed by atoms with Gasteiger partial charge in [0.15, 0.2) is 0 Å². The summed E-state index contributed by atoms with van der Waals surface area (Å²) in [5.41, 5.74) is 7.22. The van der Waals surface area contributed by atoms with E-state index in [4.69, 9.17) is 5.73 Å². The molecule has 1 unspecified atom stereocenters. The van der Waals surface area contributed by atoms with Gasteiger partial charge in [-0.05, 0) is 44.2 Å². The van der Waals surface area contributed by atoms with E-state index in [0.717, 1.165) is 51.9 Å². The van der Waals surface area contributed by atoms with Gasteiger partial charge in [-0.15, -0.1) is 0 Å². The highest BCUT2D eigenvalue weighted by Gasteiger charge is 2.35. The maximum absolute atomic E-state index is 12.9. The molecule has 3 rings (SSSR count). The summed E-state index contributed by atoms with van der Waals surface area (Å²) in [5, 5.41) is 0. The molecular weight excluding hydrogens is 298 g/mol. The van der Waals surface area contributed by atoms with E-state index in [0.29, 0.717) is 24.4 Å². The molecule has 4 heteroatoms. The molecule has 0 aromatic heterocycles. The Balaban J connectivity index is 1.60. The predicted molar refractivity (Wildman–Crippen MR) is 97.4 cm³/mol. The van der Waals surface area contributed by atoms with Crippen molar-refractivity contribution in [3.05, 3.63) is 35.9 Å². The second kappa shape index (κ2) is 8.13. The summed E-state index contributed by atoms with van der Waals surface area (Å²) < 4.78 is 0. The fraction of sp³-hybridized carbons (Fsp3) is 0.650. The van der Waals surface area contributed by atoms with Gasteiger partial charge in [-0.2, -0.15) is 0 Å². The molecule has 1 aromatic rings. The van der Waals surface area contributed by atoms with Crippen LogP contribution in [0.2, 0.25) is 0 Å². The van der Waals surface area contributed by atoms with E-state index in [1.807, 2.05) is 0 Å². The van der Waals surface area contributed by atoms with E-state index in [1.165, 1.54) is 5.56 Å². The van der Waals surface area contributed by atoms with E-state index in [2.05, 4.69) is 47.1 Å². The molecule has 0 radical (unpaired) electrons. The lowest BCUT2D eigenvalue weighted by Crippen LogP contribution is -2.41. The van der Waals surface area contributed by atoms with Crippen LogP contribution in [0.3, 0.4) is 0 Å². The summed E-state index contributed by atoms with van der Waals surface area (Å²) >= 11 is 0. The van der Waals surface area contributed by atoms with Crippen LogP contribution in [0, 0.1) is 11.8 Å². The van der Waals surface area contributed by atoms with Crippen molar-refractivity contribution in [3.63, 3.8) is 0 Å². The van der Waals surface area contributed by atoms with Crippen molar-refractivity contribution in [2.24, 2.45) is 17.6 Å². The SMILES string of the molecule is CC1CCN(C(=O)[C@@H]2CCC[C@@H]2CN)CCN1Cc1ccccc1. The lowest BCUT2D eigenvalue weighted by molar-refractivity contribution is -0.136. The number of hydrogen-bond acceptors (Lipinski definition) is 3. The minimum absolute atomic E-state index is 0.172. The van der Waals surface area contributed by atoms with Crippen molar-refractivity contribution in [1.82, 2.24) is 9.80 Å². The third-order valence-electron chi connectivity index (χ3n) is 5.92. The van der Waals surface area contributed by atoms with Crippen LogP contribution in [0.25, 0.3) is 0 Å². The molecule has 1 amide bonds. The van der Waals surface area contributed by atoms with E-state index in [9.17, 15) is 4.79 Å². The summed E-state index contributed by atoms with van der Waals surface area (Å²) in [7, 11) is 0. The van der Waals surface area contributed by atoms with Gasteiger partial charge in [0.05, 0.1) is 0 Å². The van der Waals surface area contributed by atoms with Crippen molar-refractivity contribution in [3.8, 4) is 0 Å². The van der Waals surface area contributed by atoms with E-state index < -0.39 is 0 Å². The number of carbonyl (C=O) groups excluding carboxylic acids is 1. The molecule has 1 aliphatic carbocycles. The first-order valence-corrected chi connectivity index (χ1v) is 9.46. The van der Waals surface area contributed by atoms with Gasteiger partial charge < -0.3 is 10.6 Å². The Labute approximate surface area is 146 Å². The van der Waals surface area contributed by atoms with Gasteiger partial charge in [0.25, 0.3) is 0 Å². The smallest absolute Gasteiger partial charge is 0.226 e. The predicted octanol–water partition coefficient (Wildman–Crippen LogP) is 2.48. The van der Waals surface area contributed by atoms with Crippen LogP contribution >= 0.6 is 0 Å². The molecule has 0 bridgehead atoms. The molecule has 2 fully saturated rings. The number of nitrogens with two attached hydrogens (primary N) is 1. The number of carbonyl (C=O) groups is 1. The average molecular weight is 329 g/mol. The van der Waals surface area contributed by atoms with Crippen LogP contribution in [-0.2, 0) is 11.3 Å². The summed E-state index contributed by atoms with van der Waals surface area (Å²) in [5.74, 6) is 0.932. The molecule has 2 N–H and O–H groups in total. The van der Waals surface area contributed by atoms with E-state index in [-0.39, 0.29) is 5.92 Å². The van der Waals surface area contributed by atoms with Gasteiger partial charge in [-0.3, -0.25) is 9.69 Å². The van der Waals surface area contributed by atoms with Crippen molar-refractivity contribution >= 4 is 5.91 Å². The average Bonchev–Trinajstić information content (AvgIpc) is 3.02. The third-order valence-corrected chi connectivity index (χ3v) is 5.92. The minimum atomic E-state index is 0.172. The molecule has 1 heterocycles. The monoisotopic (exact) mass is 329 g/mol. The molecule has 1 aromatic carbocycles. The molecule has 132 valence electrons. The number of benzene rings is 1. The van der Waals surface area contributed by atoms with Gasteiger partial charge in [-0.25, -0.2) is 0 Å². The molecule has 1 saturated carbocycles. The first kappa shape index (κ1) is 17.4. The van der Waals surface area contributed by atoms with Crippen LogP contribution in [0.1, 0.15) is 38.2 Å². The zero-order chi connectivity index (χ0) is 16.9. The summed E-state index contributed by atoms with van der Waals surface area (Å²) in [6.45, 7) is 6.61. The van der Waals surface area contributed by atoms with E-state index in [1.54, 1.807) is 0 Å². The second-order valence-electron chi connectivity index (χ2n) is 7.45. The van der Waals surface area contributed by atoms with Gasteiger partial charge in [0.2, 0.25) is 5.91 Å². The van der Waals surface area contributed by atoms with Crippen LogP contribution < -0.4 is 5.73 Å². The fourth-order valence-corrected chi connectivity index (χ4v) is 4.26. The minimum Gasteiger partial charge on any atom is -0.341 e. The van der Waals surface area contributed by atoms with Crippen LogP contribution in [0.4, 0.5) is 0 Å². The Morgan fingerprint density at radius 2 is 1.92 bits per heavy atom. The van der Waals surface area contributed by atoms with Crippen LogP contribution in [0.15, 0.2) is 30.3 Å². The fourth-order valence-electron chi connectivity index (χ4n) is 4.26. The normalized spacial score (nSPS) is 28.8. The molecule has 4 nitrogen and oxygen atoms in total. The van der Waals surface area contributed by atoms with Crippen molar-refractivity contribution in [2.45, 2.75) is 45.2 Å². The lowest BCUT2D eigenvalue weighted by atomic mass is 9.94. The zero-order valence-corrected chi connectivity index (χ0v) is 14.9. The zero-order valence-electron chi connectivity index (χ0n) is 14.9. The second-order valence-corrected chi connectivity index (χ2v) is 7.45. The number of hydrogen-bond donors (Lipinski definition) is 1. The maximum Gasteiger partial charge on any atom is 0.226 e. The first-order valence-electron chi connectivity index (χ1n) is 9.46.